The number of alkyl halides is 3. The summed E-state index contributed by atoms with van der Waals surface area (Å²) in [6, 6.07) is 13.4. The van der Waals surface area contributed by atoms with Crippen LogP contribution in [0.4, 0.5) is 29.5 Å². The Labute approximate surface area is 183 Å². The zero-order valence-corrected chi connectivity index (χ0v) is 17.3. The molecule has 4 rings (SSSR count). The quantitative estimate of drug-likeness (QED) is 0.491. The molecule has 1 fully saturated rings. The SMILES string of the molecule is Nc1c(NC(=O)NC2CCCCC2)c(-c2ccccc2)nn1-c1ccc(C(F)(F)F)cc1. The Bertz CT molecular complexity index is 1070. The van der Waals surface area contributed by atoms with Crippen LogP contribution >= 0.6 is 0 Å². The second-order valence-electron chi connectivity index (χ2n) is 7.86. The number of anilines is 2. The summed E-state index contributed by atoms with van der Waals surface area (Å²) < 4.78 is 40.1. The summed E-state index contributed by atoms with van der Waals surface area (Å²) in [6.45, 7) is 0. The molecule has 0 unspecified atom stereocenters. The molecule has 0 saturated heterocycles. The van der Waals surface area contributed by atoms with Crippen LogP contribution in [0.2, 0.25) is 0 Å². The van der Waals surface area contributed by atoms with E-state index >= 15 is 0 Å². The number of nitrogens with zero attached hydrogens (tertiary/aromatic N) is 2. The third-order valence-electron chi connectivity index (χ3n) is 5.59. The number of halogens is 3. The Hall–Kier alpha value is -3.49. The van der Waals surface area contributed by atoms with Crippen LogP contribution in [0.1, 0.15) is 37.7 Å². The maximum Gasteiger partial charge on any atom is 0.416 e. The lowest BCUT2D eigenvalue weighted by Gasteiger charge is -2.22. The van der Waals surface area contributed by atoms with Gasteiger partial charge >= 0.3 is 12.2 Å². The maximum atomic E-state index is 12.9. The Kier molecular flexibility index (Phi) is 6.07. The first kappa shape index (κ1) is 21.7. The Balaban J connectivity index is 1.67. The highest BCUT2D eigenvalue weighted by atomic mass is 19.4. The molecule has 168 valence electrons. The van der Waals surface area contributed by atoms with Crippen LogP contribution in [0.5, 0.6) is 0 Å². The molecule has 3 aromatic rings. The number of nitrogens with two attached hydrogens (primary N) is 1. The number of carbonyl (C=O) groups excluding carboxylic acids is 1. The molecule has 9 heteroatoms. The largest absolute Gasteiger partial charge is 0.416 e. The predicted octanol–water partition coefficient (Wildman–Crippen LogP) is 5.59. The predicted molar refractivity (Wildman–Crippen MR) is 117 cm³/mol. The van der Waals surface area contributed by atoms with E-state index in [1.54, 1.807) is 0 Å². The Morgan fingerprint density at radius 2 is 1.66 bits per heavy atom. The minimum atomic E-state index is -4.44. The molecule has 0 aliphatic heterocycles. The van der Waals surface area contributed by atoms with Crippen molar-refractivity contribution in [2.45, 2.75) is 44.3 Å². The van der Waals surface area contributed by atoms with Crippen molar-refractivity contribution >= 4 is 17.5 Å². The molecule has 4 N–H and O–H groups in total. The van der Waals surface area contributed by atoms with Crippen LogP contribution in [0, 0.1) is 0 Å². The number of rotatable bonds is 4. The van der Waals surface area contributed by atoms with Crippen molar-refractivity contribution in [1.82, 2.24) is 15.1 Å². The Morgan fingerprint density at radius 1 is 1.00 bits per heavy atom. The molecule has 1 aliphatic carbocycles. The normalized spacial score (nSPS) is 14.8. The summed E-state index contributed by atoms with van der Waals surface area (Å²) in [6.07, 6.45) is 0.749. The molecule has 1 aromatic heterocycles. The molecular weight excluding hydrogens is 419 g/mol. The zero-order valence-electron chi connectivity index (χ0n) is 17.3. The van der Waals surface area contributed by atoms with Gasteiger partial charge in [0.2, 0.25) is 0 Å². The summed E-state index contributed by atoms with van der Waals surface area (Å²) in [5, 5.41) is 10.3. The number of carbonyl (C=O) groups is 1. The van der Waals surface area contributed by atoms with E-state index in [4.69, 9.17) is 5.73 Å². The van der Waals surface area contributed by atoms with Crippen molar-refractivity contribution in [3.63, 3.8) is 0 Å². The highest BCUT2D eigenvalue weighted by Gasteiger charge is 2.30. The number of hydrogen-bond donors (Lipinski definition) is 3. The van der Waals surface area contributed by atoms with Gasteiger partial charge in [-0.15, -0.1) is 0 Å². The first-order valence-corrected chi connectivity index (χ1v) is 10.5. The van der Waals surface area contributed by atoms with Crippen LogP contribution in [-0.2, 0) is 6.18 Å². The van der Waals surface area contributed by atoms with Gasteiger partial charge in [0, 0.05) is 11.6 Å². The van der Waals surface area contributed by atoms with Gasteiger partial charge in [-0.1, -0.05) is 49.6 Å². The van der Waals surface area contributed by atoms with E-state index in [9.17, 15) is 18.0 Å². The number of benzene rings is 2. The van der Waals surface area contributed by atoms with Crippen molar-refractivity contribution in [3.8, 4) is 16.9 Å². The lowest BCUT2D eigenvalue weighted by atomic mass is 9.96. The van der Waals surface area contributed by atoms with Crippen LogP contribution in [0.25, 0.3) is 16.9 Å². The summed E-state index contributed by atoms with van der Waals surface area (Å²) >= 11 is 0. The van der Waals surface area contributed by atoms with Gasteiger partial charge in [-0.2, -0.15) is 18.3 Å². The molecule has 6 nitrogen and oxygen atoms in total. The first-order valence-electron chi connectivity index (χ1n) is 10.5. The van der Waals surface area contributed by atoms with Gasteiger partial charge in [-0.25, -0.2) is 9.48 Å². The van der Waals surface area contributed by atoms with Crippen LogP contribution < -0.4 is 16.4 Å². The van der Waals surface area contributed by atoms with Crippen LogP contribution in [0.3, 0.4) is 0 Å². The molecule has 32 heavy (non-hydrogen) atoms. The highest BCUT2D eigenvalue weighted by molar-refractivity contribution is 5.97. The van der Waals surface area contributed by atoms with Crippen molar-refractivity contribution in [1.29, 1.82) is 0 Å². The molecule has 0 radical (unpaired) electrons. The van der Waals surface area contributed by atoms with Crippen molar-refractivity contribution in [2.75, 3.05) is 11.1 Å². The molecule has 2 amide bonds. The van der Waals surface area contributed by atoms with E-state index in [0.29, 0.717) is 17.1 Å². The first-order chi connectivity index (χ1) is 15.3. The zero-order chi connectivity index (χ0) is 22.7. The van der Waals surface area contributed by atoms with Gasteiger partial charge in [0.05, 0.1) is 11.3 Å². The van der Waals surface area contributed by atoms with E-state index in [0.717, 1.165) is 43.4 Å². The summed E-state index contributed by atoms with van der Waals surface area (Å²) in [7, 11) is 0. The van der Waals surface area contributed by atoms with Crippen LogP contribution in [0.15, 0.2) is 54.6 Å². The van der Waals surface area contributed by atoms with Gasteiger partial charge in [-0.05, 0) is 37.1 Å². The van der Waals surface area contributed by atoms with E-state index in [2.05, 4.69) is 15.7 Å². The summed E-state index contributed by atoms with van der Waals surface area (Å²) in [4.78, 5) is 12.7. The number of urea groups is 1. The molecule has 0 bridgehead atoms. The van der Waals surface area contributed by atoms with Gasteiger partial charge in [0.1, 0.15) is 11.4 Å². The van der Waals surface area contributed by atoms with Gasteiger partial charge in [-0.3, -0.25) is 0 Å². The van der Waals surface area contributed by atoms with Crippen molar-refractivity contribution in [3.05, 3.63) is 60.2 Å². The third-order valence-corrected chi connectivity index (χ3v) is 5.59. The molecule has 1 aliphatic rings. The fraction of sp³-hybridized carbons (Fsp3) is 0.304. The topological polar surface area (TPSA) is 85.0 Å². The summed E-state index contributed by atoms with van der Waals surface area (Å²) in [5.74, 6) is 0.127. The third kappa shape index (κ3) is 4.71. The second kappa shape index (κ2) is 8.94. The number of amides is 2. The highest BCUT2D eigenvalue weighted by Crippen LogP contribution is 2.35. The van der Waals surface area contributed by atoms with Crippen LogP contribution in [-0.4, -0.2) is 21.9 Å². The number of nitrogens with one attached hydrogen (secondary N) is 2. The smallest absolute Gasteiger partial charge is 0.382 e. The van der Waals surface area contributed by atoms with E-state index in [-0.39, 0.29) is 17.9 Å². The number of hydrogen-bond acceptors (Lipinski definition) is 3. The monoisotopic (exact) mass is 443 g/mol. The fourth-order valence-corrected chi connectivity index (χ4v) is 3.92. The molecular formula is C23H24F3N5O. The van der Waals surface area contributed by atoms with Crippen molar-refractivity contribution in [2.24, 2.45) is 0 Å². The average Bonchev–Trinajstić information content (AvgIpc) is 3.10. The van der Waals surface area contributed by atoms with E-state index in [1.807, 2.05) is 30.3 Å². The molecule has 0 atom stereocenters. The Morgan fingerprint density at radius 3 is 2.28 bits per heavy atom. The average molecular weight is 443 g/mol. The van der Waals surface area contributed by atoms with Gasteiger partial charge < -0.3 is 16.4 Å². The van der Waals surface area contributed by atoms with Gasteiger partial charge in [0.25, 0.3) is 0 Å². The number of nitrogen functional groups attached to an aromatic ring is 1. The molecule has 2 aromatic carbocycles. The standard InChI is InChI=1S/C23H24F3N5O/c24-23(25,26)16-11-13-18(14-12-16)31-21(27)20(19(30-31)15-7-3-1-4-8-15)29-22(32)28-17-9-5-2-6-10-17/h1,3-4,7-8,11-14,17H,2,5-6,9-10,27H2,(H2,28,29,32). The molecule has 1 heterocycles. The maximum absolute atomic E-state index is 12.9. The molecule has 0 spiro atoms. The molecule has 1 saturated carbocycles. The van der Waals surface area contributed by atoms with Gasteiger partial charge in [0.15, 0.2) is 5.82 Å². The lowest BCUT2D eigenvalue weighted by molar-refractivity contribution is -0.137. The van der Waals surface area contributed by atoms with E-state index < -0.39 is 11.7 Å². The van der Waals surface area contributed by atoms with Crippen molar-refractivity contribution < 1.29 is 18.0 Å². The fourth-order valence-electron chi connectivity index (χ4n) is 3.92. The second-order valence-corrected chi connectivity index (χ2v) is 7.86. The van der Waals surface area contributed by atoms with E-state index in [1.165, 1.54) is 23.2 Å². The summed E-state index contributed by atoms with van der Waals surface area (Å²) in [5.41, 5.74) is 7.37. The minimum absolute atomic E-state index is 0.107. The minimum Gasteiger partial charge on any atom is -0.382 e. The lowest BCUT2D eigenvalue weighted by Crippen LogP contribution is -2.39. The number of aromatic nitrogens is 2.